The number of carbonyl (C=O) groups is 1. The van der Waals surface area contributed by atoms with Gasteiger partial charge in [-0.25, -0.2) is 0 Å². The fraction of sp³-hybridized carbons (Fsp3) is 0.357. The van der Waals surface area contributed by atoms with Crippen LogP contribution in [0.4, 0.5) is 5.69 Å². The van der Waals surface area contributed by atoms with E-state index < -0.39 is 0 Å². The molecule has 7 heteroatoms. The Labute approximate surface area is 140 Å². The summed E-state index contributed by atoms with van der Waals surface area (Å²) in [5.74, 6) is -0.190. The molecule has 4 nitrogen and oxygen atoms in total. The lowest BCUT2D eigenvalue weighted by molar-refractivity contribution is 0.0941. The molecular weight excluding hydrogens is 372 g/mol. The van der Waals surface area contributed by atoms with Crippen molar-refractivity contribution in [3.8, 4) is 0 Å². The van der Waals surface area contributed by atoms with Crippen LogP contribution in [0.25, 0.3) is 10.1 Å². The van der Waals surface area contributed by atoms with E-state index >= 15 is 0 Å². The van der Waals surface area contributed by atoms with Gasteiger partial charge in [0.1, 0.15) is 4.88 Å². The van der Waals surface area contributed by atoms with Crippen molar-refractivity contribution in [3.63, 3.8) is 0 Å². The normalized spacial score (nSPS) is 14.1. The number of amides is 1. The van der Waals surface area contributed by atoms with E-state index in [1.807, 2.05) is 31.4 Å². The van der Waals surface area contributed by atoms with Gasteiger partial charge < -0.3 is 16.2 Å². The number of halogens is 1. The first-order valence-corrected chi connectivity index (χ1v) is 9.29. The fourth-order valence-corrected chi connectivity index (χ4v) is 4.26. The molecule has 1 amide bonds. The van der Waals surface area contributed by atoms with Crippen LogP contribution in [0.2, 0.25) is 0 Å². The highest BCUT2D eigenvalue weighted by molar-refractivity contribution is 9.10. The van der Waals surface area contributed by atoms with E-state index in [2.05, 4.69) is 21.2 Å². The molecule has 4 N–H and O–H groups in total. The number of anilines is 1. The number of aliphatic hydroxyl groups is 1. The van der Waals surface area contributed by atoms with Crippen LogP contribution < -0.4 is 11.1 Å². The van der Waals surface area contributed by atoms with E-state index in [1.54, 1.807) is 0 Å². The second-order valence-corrected chi connectivity index (χ2v) is 7.75. The van der Waals surface area contributed by atoms with Crippen molar-refractivity contribution in [2.45, 2.75) is 18.2 Å². The van der Waals surface area contributed by atoms with Crippen LogP contribution in [-0.2, 0) is 0 Å². The van der Waals surface area contributed by atoms with E-state index in [9.17, 15) is 9.90 Å². The van der Waals surface area contributed by atoms with E-state index in [0.29, 0.717) is 10.6 Å². The monoisotopic (exact) mass is 388 g/mol. The molecule has 2 aromatic rings. The molecule has 2 unspecified atom stereocenters. The van der Waals surface area contributed by atoms with Crippen molar-refractivity contribution in [2.24, 2.45) is 0 Å². The average Bonchev–Trinajstić information content (AvgIpc) is 2.76. The molecule has 0 aliphatic rings. The van der Waals surface area contributed by atoms with Crippen molar-refractivity contribution < 1.29 is 9.90 Å². The molecule has 1 aromatic heterocycles. The van der Waals surface area contributed by atoms with E-state index in [4.69, 9.17) is 5.73 Å². The van der Waals surface area contributed by atoms with Crippen LogP contribution in [0.1, 0.15) is 16.6 Å². The van der Waals surface area contributed by atoms with Gasteiger partial charge >= 0.3 is 0 Å². The number of aliphatic hydroxyl groups excluding tert-OH is 1. The Bertz CT molecular complexity index is 656. The Morgan fingerprint density at radius 2 is 2.29 bits per heavy atom. The summed E-state index contributed by atoms with van der Waals surface area (Å²) in [7, 11) is 0. The standard InChI is InChI=1S/C14H17BrN2O2S2/c1-7(11(6-18)20-2)17-14(19)13-12(16)9-4-3-8(15)5-10(9)21-13/h3-5,7,11,18H,6,16H2,1-2H3,(H,17,19). The third-order valence-electron chi connectivity index (χ3n) is 3.30. The van der Waals surface area contributed by atoms with E-state index in [1.165, 1.54) is 23.1 Å². The summed E-state index contributed by atoms with van der Waals surface area (Å²) in [6.45, 7) is 1.91. The number of carbonyl (C=O) groups excluding carboxylic acids is 1. The van der Waals surface area contributed by atoms with Gasteiger partial charge in [-0.05, 0) is 25.3 Å². The van der Waals surface area contributed by atoms with Crippen LogP contribution in [0.5, 0.6) is 0 Å². The molecule has 21 heavy (non-hydrogen) atoms. The average molecular weight is 389 g/mol. The highest BCUT2D eigenvalue weighted by Gasteiger charge is 2.21. The summed E-state index contributed by atoms with van der Waals surface area (Å²) in [6.07, 6.45) is 1.91. The third kappa shape index (κ3) is 3.53. The predicted molar refractivity (Wildman–Crippen MR) is 95.3 cm³/mol. The first-order valence-electron chi connectivity index (χ1n) is 6.40. The van der Waals surface area contributed by atoms with Gasteiger partial charge in [0.25, 0.3) is 5.91 Å². The molecule has 114 valence electrons. The van der Waals surface area contributed by atoms with Gasteiger partial charge in [-0.2, -0.15) is 11.8 Å². The summed E-state index contributed by atoms with van der Waals surface area (Å²) in [5.41, 5.74) is 6.60. The molecule has 1 heterocycles. The van der Waals surface area contributed by atoms with Crippen LogP contribution in [0.3, 0.4) is 0 Å². The molecular formula is C14H17BrN2O2S2. The minimum Gasteiger partial charge on any atom is -0.397 e. The van der Waals surface area contributed by atoms with Crippen molar-refractivity contribution >= 4 is 60.7 Å². The molecule has 0 aliphatic carbocycles. The molecule has 0 radical (unpaired) electrons. The molecule has 2 atom stereocenters. The Hall–Kier alpha value is -0.760. The molecule has 0 saturated heterocycles. The van der Waals surface area contributed by atoms with Crippen molar-refractivity contribution in [1.82, 2.24) is 5.32 Å². The molecule has 0 bridgehead atoms. The maximum absolute atomic E-state index is 12.4. The maximum Gasteiger partial charge on any atom is 0.263 e. The third-order valence-corrected chi connectivity index (χ3v) is 6.12. The zero-order chi connectivity index (χ0) is 15.6. The zero-order valence-electron chi connectivity index (χ0n) is 11.7. The topological polar surface area (TPSA) is 75.3 Å². The minimum atomic E-state index is -0.190. The Morgan fingerprint density at radius 3 is 2.90 bits per heavy atom. The van der Waals surface area contributed by atoms with Gasteiger partial charge in [0.2, 0.25) is 0 Å². The number of nitrogens with two attached hydrogens (primary N) is 1. The van der Waals surface area contributed by atoms with Crippen molar-refractivity contribution in [2.75, 3.05) is 18.6 Å². The molecule has 0 spiro atoms. The number of rotatable bonds is 5. The Balaban J connectivity index is 2.25. The largest absolute Gasteiger partial charge is 0.397 e. The van der Waals surface area contributed by atoms with Gasteiger partial charge in [0.15, 0.2) is 0 Å². The molecule has 2 rings (SSSR count). The highest BCUT2D eigenvalue weighted by Crippen LogP contribution is 2.35. The SMILES string of the molecule is CSC(CO)C(C)NC(=O)c1sc2cc(Br)ccc2c1N. The number of thiophene rings is 1. The summed E-state index contributed by atoms with van der Waals surface area (Å²) in [4.78, 5) is 12.9. The number of nitrogens with one attached hydrogen (secondary N) is 1. The van der Waals surface area contributed by atoms with Gasteiger partial charge in [-0.1, -0.05) is 22.0 Å². The summed E-state index contributed by atoms with van der Waals surface area (Å²) in [5, 5.41) is 13.1. The van der Waals surface area contributed by atoms with Crippen molar-refractivity contribution in [3.05, 3.63) is 27.5 Å². The lowest BCUT2D eigenvalue weighted by atomic mass is 10.2. The van der Waals surface area contributed by atoms with Gasteiger partial charge in [0.05, 0.1) is 12.3 Å². The van der Waals surface area contributed by atoms with Crippen LogP contribution in [0, 0.1) is 0 Å². The van der Waals surface area contributed by atoms with Crippen LogP contribution in [-0.4, -0.2) is 35.2 Å². The van der Waals surface area contributed by atoms with Gasteiger partial charge in [-0.15, -0.1) is 11.3 Å². The highest BCUT2D eigenvalue weighted by atomic mass is 79.9. The smallest absolute Gasteiger partial charge is 0.263 e. The molecule has 1 aromatic carbocycles. The quantitative estimate of drug-likeness (QED) is 0.735. The lowest BCUT2D eigenvalue weighted by Gasteiger charge is -2.21. The van der Waals surface area contributed by atoms with Gasteiger partial charge in [-0.3, -0.25) is 4.79 Å². The van der Waals surface area contributed by atoms with E-state index in [0.717, 1.165) is 14.6 Å². The van der Waals surface area contributed by atoms with Crippen LogP contribution >= 0.6 is 39.0 Å². The summed E-state index contributed by atoms with van der Waals surface area (Å²) in [6, 6.07) is 5.64. The summed E-state index contributed by atoms with van der Waals surface area (Å²) < 4.78 is 1.93. The van der Waals surface area contributed by atoms with Gasteiger partial charge in [0, 0.05) is 25.9 Å². The van der Waals surface area contributed by atoms with Crippen LogP contribution in [0.15, 0.2) is 22.7 Å². The number of hydrogen-bond donors (Lipinski definition) is 3. The second kappa shape index (κ2) is 7.00. The second-order valence-electron chi connectivity index (χ2n) is 4.70. The minimum absolute atomic E-state index is 0.0253. The number of hydrogen-bond acceptors (Lipinski definition) is 5. The lowest BCUT2D eigenvalue weighted by Crippen LogP contribution is -2.41. The number of thioether (sulfide) groups is 1. The predicted octanol–water partition coefficient (Wildman–Crippen LogP) is 3.09. The van der Waals surface area contributed by atoms with E-state index in [-0.39, 0.29) is 23.8 Å². The zero-order valence-corrected chi connectivity index (χ0v) is 14.9. The number of nitrogen functional groups attached to an aromatic ring is 1. The number of fused-ring (bicyclic) bond motifs is 1. The van der Waals surface area contributed by atoms with Crippen molar-refractivity contribution in [1.29, 1.82) is 0 Å². The first-order chi connectivity index (χ1) is 9.97. The summed E-state index contributed by atoms with van der Waals surface area (Å²) >= 11 is 6.32. The fourth-order valence-electron chi connectivity index (χ4n) is 2.06. The molecule has 0 aliphatic heterocycles. The Morgan fingerprint density at radius 1 is 1.57 bits per heavy atom. The number of benzene rings is 1. The Kier molecular flexibility index (Phi) is 5.54. The molecule has 0 saturated carbocycles. The first kappa shape index (κ1) is 16.6. The maximum atomic E-state index is 12.4. The molecule has 0 fully saturated rings.